The molecule has 0 saturated heterocycles. The SMILES string of the molecule is CCCCCOCCCC(C)(NC)C(=O)O. The monoisotopic (exact) mass is 231 g/mol. The molecule has 0 rings (SSSR count). The Balaban J connectivity index is 3.53. The van der Waals surface area contributed by atoms with Crippen molar-refractivity contribution in [2.45, 2.75) is 51.5 Å². The van der Waals surface area contributed by atoms with Crippen molar-refractivity contribution in [3.05, 3.63) is 0 Å². The molecule has 1 atom stereocenters. The van der Waals surface area contributed by atoms with Crippen LogP contribution in [0.3, 0.4) is 0 Å². The van der Waals surface area contributed by atoms with Gasteiger partial charge in [-0.15, -0.1) is 0 Å². The largest absolute Gasteiger partial charge is 0.480 e. The van der Waals surface area contributed by atoms with Gasteiger partial charge in [-0.1, -0.05) is 19.8 Å². The van der Waals surface area contributed by atoms with Crippen molar-refractivity contribution in [1.29, 1.82) is 0 Å². The predicted octanol–water partition coefficient (Wildman–Crippen LogP) is 2.04. The van der Waals surface area contributed by atoms with E-state index >= 15 is 0 Å². The van der Waals surface area contributed by atoms with Gasteiger partial charge >= 0.3 is 5.97 Å². The topological polar surface area (TPSA) is 58.6 Å². The summed E-state index contributed by atoms with van der Waals surface area (Å²) in [7, 11) is 1.68. The van der Waals surface area contributed by atoms with Gasteiger partial charge in [0.2, 0.25) is 0 Å². The fraction of sp³-hybridized carbons (Fsp3) is 0.917. The van der Waals surface area contributed by atoms with Gasteiger partial charge < -0.3 is 15.2 Å². The first-order valence-corrected chi connectivity index (χ1v) is 6.07. The second-order valence-corrected chi connectivity index (χ2v) is 4.31. The number of hydrogen-bond acceptors (Lipinski definition) is 3. The minimum absolute atomic E-state index is 0.590. The molecule has 0 radical (unpaired) electrons. The first-order valence-electron chi connectivity index (χ1n) is 6.07. The Bertz CT molecular complexity index is 197. The summed E-state index contributed by atoms with van der Waals surface area (Å²) in [5.41, 5.74) is -0.827. The molecular weight excluding hydrogens is 206 g/mol. The van der Waals surface area contributed by atoms with Crippen LogP contribution in [0.5, 0.6) is 0 Å². The van der Waals surface area contributed by atoms with E-state index in [-0.39, 0.29) is 0 Å². The van der Waals surface area contributed by atoms with Crippen LogP contribution < -0.4 is 5.32 Å². The number of rotatable bonds is 10. The molecule has 4 nitrogen and oxygen atoms in total. The maximum absolute atomic E-state index is 11.0. The Hall–Kier alpha value is -0.610. The van der Waals surface area contributed by atoms with Crippen molar-refractivity contribution in [3.63, 3.8) is 0 Å². The van der Waals surface area contributed by atoms with Gasteiger partial charge in [-0.25, -0.2) is 0 Å². The number of nitrogens with one attached hydrogen (secondary N) is 1. The summed E-state index contributed by atoms with van der Waals surface area (Å²) in [6.45, 7) is 5.29. The average molecular weight is 231 g/mol. The molecule has 16 heavy (non-hydrogen) atoms. The van der Waals surface area contributed by atoms with Crippen molar-refractivity contribution in [1.82, 2.24) is 5.32 Å². The highest BCUT2D eigenvalue weighted by atomic mass is 16.5. The zero-order valence-electron chi connectivity index (χ0n) is 10.7. The van der Waals surface area contributed by atoms with E-state index in [0.717, 1.165) is 19.4 Å². The Morgan fingerprint density at radius 3 is 2.44 bits per heavy atom. The van der Waals surface area contributed by atoms with Gasteiger partial charge in [0.25, 0.3) is 0 Å². The lowest BCUT2D eigenvalue weighted by molar-refractivity contribution is -0.144. The summed E-state index contributed by atoms with van der Waals surface area (Å²) in [5.74, 6) is -0.805. The molecule has 4 heteroatoms. The fourth-order valence-corrected chi connectivity index (χ4v) is 1.42. The van der Waals surface area contributed by atoms with E-state index in [1.54, 1.807) is 14.0 Å². The van der Waals surface area contributed by atoms with E-state index in [1.807, 2.05) is 0 Å². The second-order valence-electron chi connectivity index (χ2n) is 4.31. The molecule has 0 aliphatic carbocycles. The summed E-state index contributed by atoms with van der Waals surface area (Å²) in [6, 6.07) is 0. The van der Waals surface area contributed by atoms with Crippen LogP contribution in [0, 0.1) is 0 Å². The lowest BCUT2D eigenvalue weighted by Gasteiger charge is -2.23. The molecule has 0 heterocycles. The highest BCUT2D eigenvalue weighted by Gasteiger charge is 2.30. The van der Waals surface area contributed by atoms with Crippen LogP contribution >= 0.6 is 0 Å². The number of ether oxygens (including phenoxy) is 1. The summed E-state index contributed by atoms with van der Waals surface area (Å²) in [6.07, 6.45) is 4.85. The predicted molar refractivity (Wildman–Crippen MR) is 64.7 cm³/mol. The van der Waals surface area contributed by atoms with Crippen molar-refractivity contribution in [2.75, 3.05) is 20.3 Å². The number of hydrogen-bond donors (Lipinski definition) is 2. The van der Waals surface area contributed by atoms with Gasteiger partial charge in [0.1, 0.15) is 5.54 Å². The molecule has 0 spiro atoms. The van der Waals surface area contributed by atoms with Crippen molar-refractivity contribution >= 4 is 5.97 Å². The summed E-state index contributed by atoms with van der Waals surface area (Å²) >= 11 is 0. The van der Waals surface area contributed by atoms with Crippen LogP contribution in [-0.2, 0) is 9.53 Å². The highest BCUT2D eigenvalue weighted by molar-refractivity contribution is 5.78. The van der Waals surface area contributed by atoms with Crippen LogP contribution in [0.2, 0.25) is 0 Å². The number of carbonyl (C=O) groups is 1. The molecule has 0 aromatic heterocycles. The number of carboxylic acids is 1. The number of aliphatic carboxylic acids is 1. The summed E-state index contributed by atoms with van der Waals surface area (Å²) < 4.78 is 5.43. The normalized spacial score (nSPS) is 14.7. The molecular formula is C12H25NO3. The Morgan fingerprint density at radius 2 is 1.94 bits per heavy atom. The molecule has 0 aliphatic rings. The van der Waals surface area contributed by atoms with E-state index < -0.39 is 11.5 Å². The average Bonchev–Trinajstić information content (AvgIpc) is 2.27. The Morgan fingerprint density at radius 1 is 1.31 bits per heavy atom. The minimum atomic E-state index is -0.827. The van der Waals surface area contributed by atoms with Crippen molar-refractivity contribution < 1.29 is 14.6 Å². The standard InChI is InChI=1S/C12H25NO3/c1-4-5-6-9-16-10-7-8-12(2,13-3)11(14)15/h13H,4-10H2,1-3H3,(H,14,15). The van der Waals surface area contributed by atoms with Gasteiger partial charge in [0.05, 0.1) is 0 Å². The van der Waals surface area contributed by atoms with Crippen LogP contribution in [-0.4, -0.2) is 36.9 Å². The lowest BCUT2D eigenvalue weighted by atomic mass is 9.96. The molecule has 0 fully saturated rings. The van der Waals surface area contributed by atoms with Gasteiger partial charge in [-0.2, -0.15) is 0 Å². The first kappa shape index (κ1) is 15.4. The third-order valence-electron chi connectivity index (χ3n) is 2.88. The molecule has 0 bridgehead atoms. The highest BCUT2D eigenvalue weighted by Crippen LogP contribution is 2.12. The van der Waals surface area contributed by atoms with E-state index in [0.29, 0.717) is 13.0 Å². The van der Waals surface area contributed by atoms with E-state index in [4.69, 9.17) is 9.84 Å². The quantitative estimate of drug-likeness (QED) is 0.565. The van der Waals surface area contributed by atoms with E-state index in [2.05, 4.69) is 12.2 Å². The third-order valence-corrected chi connectivity index (χ3v) is 2.88. The van der Waals surface area contributed by atoms with Gasteiger partial charge in [0, 0.05) is 13.2 Å². The zero-order chi connectivity index (χ0) is 12.4. The van der Waals surface area contributed by atoms with Crippen LogP contribution in [0.4, 0.5) is 0 Å². The number of carboxylic acid groups (broad SMARTS) is 1. The second kappa shape index (κ2) is 8.53. The minimum Gasteiger partial charge on any atom is -0.480 e. The van der Waals surface area contributed by atoms with Gasteiger partial charge in [0.15, 0.2) is 0 Å². The zero-order valence-corrected chi connectivity index (χ0v) is 10.7. The third kappa shape index (κ3) is 6.08. The van der Waals surface area contributed by atoms with Gasteiger partial charge in [-0.05, 0) is 33.2 Å². The lowest BCUT2D eigenvalue weighted by Crippen LogP contribution is -2.47. The van der Waals surface area contributed by atoms with Crippen LogP contribution in [0.25, 0.3) is 0 Å². The number of likely N-dealkylation sites (N-methyl/N-ethyl adjacent to an activating group) is 1. The molecule has 96 valence electrons. The maximum Gasteiger partial charge on any atom is 0.323 e. The molecule has 0 aromatic rings. The van der Waals surface area contributed by atoms with E-state index in [1.165, 1.54) is 12.8 Å². The van der Waals surface area contributed by atoms with Crippen molar-refractivity contribution in [2.24, 2.45) is 0 Å². The Labute approximate surface area is 98.4 Å². The fourth-order valence-electron chi connectivity index (χ4n) is 1.42. The van der Waals surface area contributed by atoms with Gasteiger partial charge in [-0.3, -0.25) is 4.79 Å². The first-order chi connectivity index (χ1) is 7.56. The molecule has 0 amide bonds. The number of unbranched alkanes of at least 4 members (excludes halogenated alkanes) is 2. The van der Waals surface area contributed by atoms with Crippen LogP contribution in [0.1, 0.15) is 46.0 Å². The molecule has 1 unspecified atom stereocenters. The Kier molecular flexibility index (Phi) is 8.21. The van der Waals surface area contributed by atoms with Crippen LogP contribution in [0.15, 0.2) is 0 Å². The molecule has 2 N–H and O–H groups in total. The molecule has 0 aliphatic heterocycles. The van der Waals surface area contributed by atoms with Crippen molar-refractivity contribution in [3.8, 4) is 0 Å². The maximum atomic E-state index is 11.0. The molecule has 0 saturated carbocycles. The summed E-state index contributed by atoms with van der Waals surface area (Å²) in [5, 5.41) is 11.8. The summed E-state index contributed by atoms with van der Waals surface area (Å²) in [4.78, 5) is 11.0. The smallest absolute Gasteiger partial charge is 0.323 e. The molecule has 0 aromatic carbocycles. The van der Waals surface area contributed by atoms with E-state index in [9.17, 15) is 4.79 Å².